The zero-order valence-corrected chi connectivity index (χ0v) is 11.8. The van der Waals surface area contributed by atoms with Crippen molar-refractivity contribution in [1.29, 1.82) is 0 Å². The van der Waals surface area contributed by atoms with Crippen molar-refractivity contribution in [2.75, 3.05) is 6.61 Å². The Kier molecular flexibility index (Phi) is 13.2. The first-order valence-electron chi connectivity index (χ1n) is 7.25. The third-order valence-electron chi connectivity index (χ3n) is 2.83. The Hall–Kier alpha value is -1.05. The first-order valence-corrected chi connectivity index (χ1v) is 7.25. The molecular formula is C16H28O2. The van der Waals surface area contributed by atoms with E-state index >= 15 is 0 Å². The molecule has 0 N–H and O–H groups in total. The third-order valence-corrected chi connectivity index (χ3v) is 2.83. The van der Waals surface area contributed by atoms with Crippen LogP contribution in [0, 0.1) is 0 Å². The standard InChI is InChI=1S/C16H28O2/c1-3-5-6-7-8-9-10-11-12-13-14-15-18-16(17)4-2/h4-6H,2-3,7-15H2,1H3/b6-5+. The second-order valence-electron chi connectivity index (χ2n) is 4.51. The third kappa shape index (κ3) is 13.0. The first kappa shape index (κ1) is 16.9. The minimum absolute atomic E-state index is 0.310. The molecule has 0 aromatic rings. The van der Waals surface area contributed by atoms with Crippen molar-refractivity contribution in [3.8, 4) is 0 Å². The highest BCUT2D eigenvalue weighted by molar-refractivity contribution is 5.81. The minimum atomic E-state index is -0.310. The maximum absolute atomic E-state index is 10.7. The molecule has 0 heterocycles. The van der Waals surface area contributed by atoms with Gasteiger partial charge in [-0.1, -0.05) is 57.8 Å². The van der Waals surface area contributed by atoms with Crippen molar-refractivity contribution >= 4 is 5.97 Å². The summed E-state index contributed by atoms with van der Waals surface area (Å²) < 4.78 is 4.91. The molecule has 0 aliphatic rings. The summed E-state index contributed by atoms with van der Waals surface area (Å²) in [6.07, 6.45) is 16.8. The summed E-state index contributed by atoms with van der Waals surface area (Å²) in [6, 6.07) is 0. The Bertz CT molecular complexity index is 231. The van der Waals surface area contributed by atoms with Crippen LogP contribution in [-0.4, -0.2) is 12.6 Å². The van der Waals surface area contributed by atoms with Gasteiger partial charge in [0, 0.05) is 6.08 Å². The molecule has 2 nitrogen and oxygen atoms in total. The summed E-state index contributed by atoms with van der Waals surface area (Å²) in [5.41, 5.74) is 0. The van der Waals surface area contributed by atoms with Crippen molar-refractivity contribution < 1.29 is 9.53 Å². The lowest BCUT2D eigenvalue weighted by molar-refractivity contribution is -0.137. The quantitative estimate of drug-likeness (QED) is 0.216. The largest absolute Gasteiger partial charge is 0.463 e. The van der Waals surface area contributed by atoms with Crippen LogP contribution in [0.3, 0.4) is 0 Å². The summed E-state index contributed by atoms with van der Waals surface area (Å²) in [5, 5.41) is 0. The Morgan fingerprint density at radius 1 is 1.00 bits per heavy atom. The smallest absolute Gasteiger partial charge is 0.330 e. The van der Waals surface area contributed by atoms with Gasteiger partial charge in [-0.25, -0.2) is 4.79 Å². The molecule has 18 heavy (non-hydrogen) atoms. The van der Waals surface area contributed by atoms with Crippen LogP contribution in [0.2, 0.25) is 0 Å². The number of hydrogen-bond donors (Lipinski definition) is 0. The Morgan fingerprint density at radius 2 is 1.61 bits per heavy atom. The van der Waals surface area contributed by atoms with Crippen LogP contribution in [0.25, 0.3) is 0 Å². The monoisotopic (exact) mass is 252 g/mol. The van der Waals surface area contributed by atoms with E-state index in [4.69, 9.17) is 4.74 Å². The van der Waals surface area contributed by atoms with Crippen LogP contribution in [0.1, 0.15) is 64.7 Å². The molecule has 0 fully saturated rings. The van der Waals surface area contributed by atoms with E-state index in [1.807, 2.05) is 0 Å². The fraction of sp³-hybridized carbons (Fsp3) is 0.688. The molecule has 0 rings (SSSR count). The average Bonchev–Trinajstić information content (AvgIpc) is 2.39. The van der Waals surface area contributed by atoms with Gasteiger partial charge in [0.25, 0.3) is 0 Å². The highest BCUT2D eigenvalue weighted by Crippen LogP contribution is 2.09. The van der Waals surface area contributed by atoms with E-state index in [1.165, 1.54) is 44.6 Å². The van der Waals surface area contributed by atoms with E-state index in [0.29, 0.717) is 6.61 Å². The Balaban J connectivity index is 3.05. The van der Waals surface area contributed by atoms with E-state index in [2.05, 4.69) is 25.7 Å². The van der Waals surface area contributed by atoms with Crippen LogP contribution >= 0.6 is 0 Å². The van der Waals surface area contributed by atoms with Crippen molar-refractivity contribution in [2.24, 2.45) is 0 Å². The number of unbranched alkanes of at least 4 members (excludes halogenated alkanes) is 7. The maximum atomic E-state index is 10.7. The Morgan fingerprint density at radius 3 is 2.22 bits per heavy atom. The predicted molar refractivity (Wildman–Crippen MR) is 77.5 cm³/mol. The first-order chi connectivity index (χ1) is 8.81. The molecule has 0 saturated carbocycles. The van der Waals surface area contributed by atoms with Gasteiger partial charge in [-0.2, -0.15) is 0 Å². The van der Waals surface area contributed by atoms with Gasteiger partial charge in [-0.15, -0.1) is 0 Å². The van der Waals surface area contributed by atoms with Crippen LogP contribution in [0.5, 0.6) is 0 Å². The number of esters is 1. The van der Waals surface area contributed by atoms with E-state index in [-0.39, 0.29) is 5.97 Å². The summed E-state index contributed by atoms with van der Waals surface area (Å²) >= 11 is 0. The SMILES string of the molecule is C=CC(=O)OCCCCCCCCC/C=C/CC. The van der Waals surface area contributed by atoms with Gasteiger partial charge in [-0.05, 0) is 25.7 Å². The van der Waals surface area contributed by atoms with E-state index < -0.39 is 0 Å². The van der Waals surface area contributed by atoms with Gasteiger partial charge < -0.3 is 4.74 Å². The zero-order valence-electron chi connectivity index (χ0n) is 11.8. The molecule has 0 unspecified atom stereocenters. The van der Waals surface area contributed by atoms with Crippen molar-refractivity contribution in [3.63, 3.8) is 0 Å². The van der Waals surface area contributed by atoms with Crippen molar-refractivity contribution in [3.05, 3.63) is 24.8 Å². The van der Waals surface area contributed by atoms with Crippen molar-refractivity contribution in [2.45, 2.75) is 64.7 Å². The summed E-state index contributed by atoms with van der Waals surface area (Å²) in [4.78, 5) is 10.7. The molecule has 0 bridgehead atoms. The Labute approximate surface area is 112 Å². The lowest BCUT2D eigenvalue weighted by Gasteiger charge is -2.02. The molecule has 104 valence electrons. The van der Waals surface area contributed by atoms with Crippen LogP contribution in [0.15, 0.2) is 24.8 Å². The van der Waals surface area contributed by atoms with Crippen LogP contribution < -0.4 is 0 Å². The van der Waals surface area contributed by atoms with Crippen molar-refractivity contribution in [1.82, 2.24) is 0 Å². The molecule has 0 radical (unpaired) electrons. The molecule has 0 aliphatic carbocycles. The number of carbonyl (C=O) groups is 1. The second kappa shape index (κ2) is 14.0. The number of allylic oxidation sites excluding steroid dienone is 2. The zero-order chi connectivity index (χ0) is 13.5. The van der Waals surface area contributed by atoms with E-state index in [1.54, 1.807) is 0 Å². The normalized spacial score (nSPS) is 10.7. The topological polar surface area (TPSA) is 26.3 Å². The van der Waals surface area contributed by atoms with Gasteiger partial charge in [0.15, 0.2) is 0 Å². The van der Waals surface area contributed by atoms with Gasteiger partial charge >= 0.3 is 5.97 Å². The molecule has 0 amide bonds. The van der Waals surface area contributed by atoms with E-state index in [9.17, 15) is 4.79 Å². The number of ether oxygens (including phenoxy) is 1. The number of rotatable bonds is 12. The molecule has 0 atom stereocenters. The van der Waals surface area contributed by atoms with E-state index in [0.717, 1.165) is 19.3 Å². The minimum Gasteiger partial charge on any atom is -0.463 e. The second-order valence-corrected chi connectivity index (χ2v) is 4.51. The lowest BCUT2D eigenvalue weighted by Crippen LogP contribution is -2.01. The fourth-order valence-corrected chi connectivity index (χ4v) is 1.76. The molecule has 0 aromatic heterocycles. The molecular weight excluding hydrogens is 224 g/mol. The van der Waals surface area contributed by atoms with Gasteiger partial charge in [0.05, 0.1) is 6.61 Å². The number of hydrogen-bond acceptors (Lipinski definition) is 2. The van der Waals surface area contributed by atoms with Crippen LogP contribution in [-0.2, 0) is 9.53 Å². The number of carbonyl (C=O) groups excluding carboxylic acids is 1. The summed E-state index contributed by atoms with van der Waals surface area (Å²) in [6.45, 7) is 6.06. The molecule has 0 saturated heterocycles. The maximum Gasteiger partial charge on any atom is 0.330 e. The van der Waals surface area contributed by atoms with Gasteiger partial charge in [0.2, 0.25) is 0 Å². The average molecular weight is 252 g/mol. The highest BCUT2D eigenvalue weighted by Gasteiger charge is 1.95. The van der Waals surface area contributed by atoms with Crippen LogP contribution in [0.4, 0.5) is 0 Å². The highest BCUT2D eigenvalue weighted by atomic mass is 16.5. The molecule has 2 heteroatoms. The van der Waals surface area contributed by atoms with Gasteiger partial charge in [-0.3, -0.25) is 0 Å². The summed E-state index contributed by atoms with van der Waals surface area (Å²) in [5.74, 6) is -0.310. The lowest BCUT2D eigenvalue weighted by atomic mass is 10.1. The molecule has 0 aliphatic heterocycles. The molecule has 0 aromatic carbocycles. The van der Waals surface area contributed by atoms with Gasteiger partial charge in [0.1, 0.15) is 0 Å². The predicted octanol–water partition coefficient (Wildman–Crippen LogP) is 4.80. The fourth-order valence-electron chi connectivity index (χ4n) is 1.76. The summed E-state index contributed by atoms with van der Waals surface area (Å²) in [7, 11) is 0. The molecule has 0 spiro atoms.